The van der Waals surface area contributed by atoms with Gasteiger partial charge >= 0.3 is 0 Å². The molecule has 0 bridgehead atoms. The van der Waals surface area contributed by atoms with Crippen LogP contribution in [0.25, 0.3) is 0 Å². The van der Waals surface area contributed by atoms with Crippen molar-refractivity contribution in [3.05, 3.63) is 71.7 Å². The highest BCUT2D eigenvalue weighted by atomic mass is 32.2. The molecule has 18 heteroatoms. The number of sulfonamides is 1. The quantitative estimate of drug-likeness (QED) is 0.0936. The van der Waals surface area contributed by atoms with Gasteiger partial charge in [-0.25, -0.2) is 23.1 Å². The topological polar surface area (TPSA) is 212 Å². The molecule has 4 N–H and O–H groups in total. The number of rotatable bonds is 19. The van der Waals surface area contributed by atoms with Crippen molar-refractivity contribution < 1.29 is 37.1 Å². The molecule has 1 saturated carbocycles. The number of hydrogen-bond acceptors (Lipinski definition) is 13. The van der Waals surface area contributed by atoms with E-state index in [0.717, 1.165) is 120 Å². The lowest BCUT2D eigenvalue weighted by Gasteiger charge is -2.54. The van der Waals surface area contributed by atoms with E-state index in [-0.39, 0.29) is 41.3 Å². The zero-order valence-corrected chi connectivity index (χ0v) is 38.0. The molecule has 5 heterocycles. The number of aromatic nitrogens is 2. The number of unbranched alkanes of at least 4 members (excludes halogenated alkanes) is 5. The number of anilines is 2. The molecule has 348 valence electrons. The molecule has 1 aliphatic carbocycles. The molecule has 3 saturated heterocycles. The lowest BCUT2D eigenvalue weighted by atomic mass is 9.71. The molecule has 5 aliphatic rings. The van der Waals surface area contributed by atoms with E-state index >= 15 is 0 Å². The molecule has 1 unspecified atom stereocenters. The fourth-order valence-electron chi connectivity index (χ4n) is 10.2. The first kappa shape index (κ1) is 46.1. The van der Waals surface area contributed by atoms with Gasteiger partial charge in [-0.15, -0.1) is 0 Å². The summed E-state index contributed by atoms with van der Waals surface area (Å²) >= 11 is 0. The summed E-state index contributed by atoms with van der Waals surface area (Å²) in [4.78, 5) is 78.6. The molecule has 0 radical (unpaired) electrons. The molecule has 4 aliphatic heterocycles. The van der Waals surface area contributed by atoms with Gasteiger partial charge in [-0.3, -0.25) is 34.2 Å². The van der Waals surface area contributed by atoms with Crippen molar-refractivity contribution in [3.8, 4) is 11.5 Å². The minimum absolute atomic E-state index is 0.0671. The second kappa shape index (κ2) is 20.4. The van der Waals surface area contributed by atoms with Crippen molar-refractivity contribution in [2.75, 3.05) is 62.3 Å². The van der Waals surface area contributed by atoms with Crippen LogP contribution >= 0.6 is 0 Å². The predicted molar refractivity (Wildman–Crippen MR) is 244 cm³/mol. The van der Waals surface area contributed by atoms with Crippen LogP contribution in [0, 0.1) is 11.3 Å². The Morgan fingerprint density at radius 1 is 0.862 bits per heavy atom. The number of likely N-dealkylation sites (tertiary alicyclic amines) is 1. The summed E-state index contributed by atoms with van der Waals surface area (Å²) in [5.41, 5.74) is 1.77. The molecule has 5 amide bonds. The maximum Gasteiger partial charge on any atom is 0.264 e. The molecule has 17 nitrogen and oxygen atoms in total. The van der Waals surface area contributed by atoms with E-state index in [2.05, 4.69) is 40.4 Å². The summed E-state index contributed by atoms with van der Waals surface area (Å²) < 4.78 is 32.4. The monoisotopic (exact) mass is 911 g/mol. The third-order valence-corrected chi connectivity index (χ3v) is 14.5. The van der Waals surface area contributed by atoms with Crippen LogP contribution in [-0.2, 0) is 19.6 Å². The van der Waals surface area contributed by atoms with E-state index in [9.17, 15) is 32.4 Å². The smallest absolute Gasteiger partial charge is 0.264 e. The van der Waals surface area contributed by atoms with E-state index in [1.54, 1.807) is 36.5 Å². The van der Waals surface area contributed by atoms with Crippen LogP contribution in [0.4, 0.5) is 11.5 Å². The third-order valence-electron chi connectivity index (χ3n) is 13.7. The van der Waals surface area contributed by atoms with Crippen molar-refractivity contribution in [1.29, 1.82) is 0 Å². The molecule has 2 aromatic carbocycles. The third kappa shape index (κ3) is 11.2. The van der Waals surface area contributed by atoms with Crippen molar-refractivity contribution in [2.45, 2.75) is 102 Å². The lowest BCUT2D eigenvalue weighted by molar-refractivity contribution is -0.136. The van der Waals surface area contributed by atoms with Crippen molar-refractivity contribution in [2.24, 2.45) is 11.3 Å². The van der Waals surface area contributed by atoms with Crippen LogP contribution in [0.5, 0.6) is 11.5 Å². The number of carbonyl (C=O) groups excluding carboxylic acids is 5. The average molecular weight is 912 g/mol. The highest BCUT2D eigenvalue weighted by Gasteiger charge is 2.47. The minimum atomic E-state index is -3.16. The number of ether oxygens (including phenoxy) is 1. The van der Waals surface area contributed by atoms with Crippen LogP contribution in [0.15, 0.2) is 55.0 Å². The van der Waals surface area contributed by atoms with E-state index < -0.39 is 39.7 Å². The normalized spacial score (nSPS) is 22.1. The Hall–Kier alpha value is -5.46. The molecule has 8 rings (SSSR count). The van der Waals surface area contributed by atoms with E-state index in [1.807, 2.05) is 12.1 Å². The van der Waals surface area contributed by atoms with Crippen LogP contribution in [-0.4, -0.2) is 122 Å². The number of nitrogens with zero attached hydrogens (tertiary/aromatic N) is 5. The van der Waals surface area contributed by atoms with Crippen LogP contribution < -0.4 is 30.3 Å². The Balaban J connectivity index is 0.722. The van der Waals surface area contributed by atoms with Gasteiger partial charge in [-0.05, 0) is 101 Å². The molecular weight excluding hydrogens is 851 g/mol. The largest absolute Gasteiger partial charge is 0.451 e. The first-order chi connectivity index (χ1) is 31.4. The van der Waals surface area contributed by atoms with Crippen LogP contribution in [0.3, 0.4) is 0 Å². The van der Waals surface area contributed by atoms with Crippen LogP contribution in [0.2, 0.25) is 0 Å². The summed E-state index contributed by atoms with van der Waals surface area (Å²) in [5, 5.41) is 8.59. The zero-order valence-electron chi connectivity index (χ0n) is 37.2. The van der Waals surface area contributed by atoms with Gasteiger partial charge in [-0.2, -0.15) is 0 Å². The number of carbonyl (C=O) groups is 5. The first-order valence-corrected chi connectivity index (χ1v) is 25.1. The number of amides is 5. The number of benzene rings is 2. The number of hydrogen-bond donors (Lipinski definition) is 4. The molecule has 3 aromatic rings. The molecular formula is C47H61N9O8S. The summed E-state index contributed by atoms with van der Waals surface area (Å²) in [5.74, 6) is 0.0260. The second-order valence-corrected chi connectivity index (χ2v) is 20.3. The van der Waals surface area contributed by atoms with Crippen molar-refractivity contribution in [3.63, 3.8) is 0 Å². The number of nitrogens with one attached hydrogen (secondary N) is 4. The highest BCUT2D eigenvalue weighted by Crippen LogP contribution is 2.45. The summed E-state index contributed by atoms with van der Waals surface area (Å²) in [6.07, 6.45) is 16.4. The zero-order chi connectivity index (χ0) is 45.6. The standard InChI is InChI=1S/C47H61N9O8S/c1-65(62,63)53-33-17-15-32(16-18-33)28-54-25-21-47(22-26-54)29-55(30-47)42-39(27-48-31-51-42)64-38-14-7-6-11-34(38)43(58)50-24-9-5-3-2-4-8-23-49-36-13-10-12-35-41(36)46(61)56(45(35)60)37-19-20-40(57)52-44(37)59/h6-7,10-14,27,31-33,37,49,53H,2-5,8-9,15-26,28-30H2,1H3,(H,50,58)(H,52,57,59). The SMILES string of the molecule is CS(=O)(=O)NC1CCC(CN2CCC3(CC2)CN(c2ncncc2Oc2ccccc2C(=O)NCCCCCCCCNc2cccc4c2C(=O)N(C2CCC(=O)NC2=O)C4=O)C3)CC1. The van der Waals surface area contributed by atoms with Gasteiger partial charge in [-0.1, -0.05) is 43.9 Å². The van der Waals surface area contributed by atoms with Gasteiger partial charge in [0, 0.05) is 56.3 Å². The number of para-hydroxylation sites is 1. The predicted octanol–water partition coefficient (Wildman–Crippen LogP) is 4.86. The Morgan fingerprint density at radius 2 is 1.58 bits per heavy atom. The highest BCUT2D eigenvalue weighted by molar-refractivity contribution is 7.88. The number of imide groups is 2. The summed E-state index contributed by atoms with van der Waals surface area (Å²) in [6.45, 7) is 6.14. The average Bonchev–Trinajstić information content (AvgIpc) is 3.53. The van der Waals surface area contributed by atoms with Crippen LogP contribution in [0.1, 0.15) is 121 Å². The molecule has 4 fully saturated rings. The Bertz CT molecular complexity index is 2360. The lowest BCUT2D eigenvalue weighted by Crippen LogP contribution is -2.61. The van der Waals surface area contributed by atoms with E-state index in [4.69, 9.17) is 4.74 Å². The molecule has 1 atom stereocenters. The fraction of sp³-hybridized carbons (Fsp3) is 0.553. The van der Waals surface area contributed by atoms with E-state index in [1.165, 1.54) is 12.6 Å². The maximum absolute atomic E-state index is 13.4. The Kier molecular flexibility index (Phi) is 14.4. The van der Waals surface area contributed by atoms with E-state index in [0.29, 0.717) is 41.8 Å². The van der Waals surface area contributed by atoms with Gasteiger partial charge in [0.05, 0.1) is 29.1 Å². The minimum Gasteiger partial charge on any atom is -0.451 e. The maximum atomic E-state index is 13.4. The number of fused-ring (bicyclic) bond motifs is 1. The van der Waals surface area contributed by atoms with Gasteiger partial charge in [0.2, 0.25) is 21.8 Å². The van der Waals surface area contributed by atoms with Gasteiger partial charge in [0.25, 0.3) is 17.7 Å². The Labute approximate surface area is 380 Å². The Morgan fingerprint density at radius 3 is 2.32 bits per heavy atom. The number of piperidine rings is 2. The molecule has 1 aromatic heterocycles. The first-order valence-electron chi connectivity index (χ1n) is 23.2. The summed E-state index contributed by atoms with van der Waals surface area (Å²) in [6, 6.07) is 11.4. The second-order valence-electron chi connectivity index (χ2n) is 18.6. The van der Waals surface area contributed by atoms with Crippen molar-refractivity contribution in [1.82, 2.24) is 35.1 Å². The molecule has 65 heavy (non-hydrogen) atoms. The molecule has 1 spiro atoms. The van der Waals surface area contributed by atoms with Gasteiger partial charge in [0.15, 0.2) is 11.6 Å². The van der Waals surface area contributed by atoms with Gasteiger partial charge < -0.3 is 25.2 Å². The van der Waals surface area contributed by atoms with Gasteiger partial charge in [0.1, 0.15) is 18.1 Å². The summed E-state index contributed by atoms with van der Waals surface area (Å²) in [7, 11) is -3.16. The fourth-order valence-corrected chi connectivity index (χ4v) is 11.0. The van der Waals surface area contributed by atoms with Crippen molar-refractivity contribution >= 4 is 51.1 Å².